The van der Waals surface area contributed by atoms with Crippen LogP contribution in [0, 0.1) is 5.92 Å². The molecule has 2 aromatic heterocycles. The van der Waals surface area contributed by atoms with Crippen LogP contribution in [-0.2, 0) is 0 Å². The van der Waals surface area contributed by atoms with Gasteiger partial charge in [0.1, 0.15) is 11.6 Å². The topological polar surface area (TPSA) is 81.4 Å². The summed E-state index contributed by atoms with van der Waals surface area (Å²) in [5.74, 6) is 4.42. The minimum Gasteiger partial charge on any atom is -0.341 e. The van der Waals surface area contributed by atoms with Gasteiger partial charge >= 0.3 is 0 Å². The van der Waals surface area contributed by atoms with Crippen molar-refractivity contribution in [1.29, 1.82) is 0 Å². The Hall–Kier alpha value is -3.22. The van der Waals surface area contributed by atoms with Crippen molar-refractivity contribution in [2.24, 2.45) is 5.92 Å². The third kappa shape index (κ3) is 3.33. The Morgan fingerprint density at radius 3 is 2.13 bits per heavy atom. The molecule has 38 heavy (non-hydrogen) atoms. The average molecular weight is 503 g/mol. The highest BCUT2D eigenvalue weighted by atomic mass is 15.1. The van der Waals surface area contributed by atoms with Gasteiger partial charge in [-0.3, -0.25) is 0 Å². The van der Waals surface area contributed by atoms with Gasteiger partial charge in [0.15, 0.2) is 0 Å². The molecule has 4 heterocycles. The van der Waals surface area contributed by atoms with Gasteiger partial charge < -0.3 is 20.6 Å². The van der Waals surface area contributed by atoms with Crippen molar-refractivity contribution in [1.82, 2.24) is 30.6 Å². The minimum absolute atomic E-state index is 0.372. The van der Waals surface area contributed by atoms with E-state index in [0.717, 1.165) is 35.8 Å². The van der Waals surface area contributed by atoms with Gasteiger partial charge in [-0.1, -0.05) is 36.4 Å². The molecule has 6 atom stereocenters. The zero-order valence-corrected chi connectivity index (χ0v) is 21.6. The average Bonchev–Trinajstić information content (AvgIpc) is 3.71. The van der Waals surface area contributed by atoms with Gasteiger partial charge in [0.25, 0.3) is 0 Å². The number of aromatic nitrogens is 4. The molecule has 2 aromatic carbocycles. The number of hydrogen-bond donors (Lipinski definition) is 4. The number of aromatic amines is 2. The van der Waals surface area contributed by atoms with Crippen LogP contribution in [0.15, 0.2) is 48.8 Å². The van der Waals surface area contributed by atoms with Gasteiger partial charge in [0.05, 0.1) is 35.9 Å². The Balaban J connectivity index is 1.04. The van der Waals surface area contributed by atoms with E-state index in [2.05, 4.69) is 63.2 Å². The summed E-state index contributed by atoms with van der Waals surface area (Å²) in [7, 11) is 0. The lowest BCUT2D eigenvalue weighted by molar-refractivity contribution is 0.543. The van der Waals surface area contributed by atoms with Crippen LogP contribution in [0.2, 0.25) is 0 Å². The molecule has 6 nitrogen and oxygen atoms in total. The zero-order valence-electron chi connectivity index (χ0n) is 21.6. The quantitative estimate of drug-likeness (QED) is 0.256. The number of nitrogens with zero attached hydrogens (tertiary/aromatic N) is 2. The fourth-order valence-electron chi connectivity index (χ4n) is 8.10. The van der Waals surface area contributed by atoms with Crippen LogP contribution >= 0.6 is 0 Å². The molecule has 2 aliphatic heterocycles. The highest BCUT2D eigenvalue weighted by molar-refractivity contribution is 5.80. The molecule has 0 spiro atoms. The molecule has 9 rings (SSSR count). The molecule has 4 N–H and O–H groups in total. The monoisotopic (exact) mass is 502 g/mol. The van der Waals surface area contributed by atoms with Crippen LogP contribution < -0.4 is 10.6 Å². The van der Waals surface area contributed by atoms with Gasteiger partial charge in [-0.05, 0) is 97.1 Å². The fourth-order valence-corrected chi connectivity index (χ4v) is 8.10. The molecule has 4 aromatic rings. The predicted octanol–water partition coefficient (Wildman–Crippen LogP) is 6.35. The van der Waals surface area contributed by atoms with E-state index in [1.807, 2.05) is 6.20 Å². The Morgan fingerprint density at radius 2 is 1.37 bits per heavy atom. The number of rotatable bonds is 5. The minimum atomic E-state index is 0.372. The molecule has 2 bridgehead atoms. The molecule has 2 saturated carbocycles. The number of nitrogens with one attached hydrogen (secondary N) is 4. The molecule has 6 heteroatoms. The number of H-pyrrole nitrogens is 2. The van der Waals surface area contributed by atoms with Crippen LogP contribution in [-0.4, -0.2) is 32.5 Å². The summed E-state index contributed by atoms with van der Waals surface area (Å²) >= 11 is 0. The summed E-state index contributed by atoms with van der Waals surface area (Å²) in [5.41, 5.74) is 10.8. The second-order valence-corrected chi connectivity index (χ2v) is 12.3. The maximum absolute atomic E-state index is 4.78. The molecule has 3 aliphatic carbocycles. The van der Waals surface area contributed by atoms with E-state index in [1.165, 1.54) is 72.9 Å². The molecule has 2 saturated heterocycles. The summed E-state index contributed by atoms with van der Waals surface area (Å²) in [6.45, 7) is 1.09. The molecule has 6 unspecified atom stereocenters. The van der Waals surface area contributed by atoms with Crippen molar-refractivity contribution < 1.29 is 0 Å². The number of fused-ring (bicyclic) bond motifs is 6. The number of piperidine rings is 1. The van der Waals surface area contributed by atoms with Gasteiger partial charge in [-0.2, -0.15) is 0 Å². The van der Waals surface area contributed by atoms with E-state index in [9.17, 15) is 0 Å². The van der Waals surface area contributed by atoms with Crippen molar-refractivity contribution in [3.63, 3.8) is 0 Å². The number of benzene rings is 2. The fraction of sp³-hybridized carbons (Fsp3) is 0.438. The Labute approximate surface area is 223 Å². The van der Waals surface area contributed by atoms with E-state index in [0.29, 0.717) is 23.9 Å². The standard InChI is InChI=1S/C32H34N6/c1-2-24(33-11-1)31-35-16-28(38-31)23-10-9-22(29-19-7-8-20(12-19)30(23)29)17-3-5-18(6-4-17)27-15-34-32(37-27)26-14-21-13-25(21)36-26/h3-6,9-10,15-16,19-21,24-26,33,36H,1-2,7-8,11-14H2,(H,34,37)(H,35,38). The van der Waals surface area contributed by atoms with Crippen LogP contribution in [0.25, 0.3) is 33.6 Å². The van der Waals surface area contributed by atoms with Crippen LogP contribution in [0.4, 0.5) is 0 Å². The van der Waals surface area contributed by atoms with E-state index >= 15 is 0 Å². The van der Waals surface area contributed by atoms with E-state index in [-0.39, 0.29) is 0 Å². The number of hydrogen-bond acceptors (Lipinski definition) is 4. The van der Waals surface area contributed by atoms with Crippen molar-refractivity contribution in [2.75, 3.05) is 6.54 Å². The third-order valence-electron chi connectivity index (χ3n) is 10.1. The summed E-state index contributed by atoms with van der Waals surface area (Å²) in [4.78, 5) is 16.8. The van der Waals surface area contributed by atoms with Crippen LogP contribution in [0.5, 0.6) is 0 Å². The second-order valence-electron chi connectivity index (χ2n) is 12.3. The summed E-state index contributed by atoms with van der Waals surface area (Å²) < 4.78 is 0. The van der Waals surface area contributed by atoms with E-state index in [4.69, 9.17) is 9.97 Å². The summed E-state index contributed by atoms with van der Waals surface area (Å²) in [5, 5.41) is 7.28. The SMILES string of the molecule is c1cc(-c2ccc(-c3cnc(C4CCCN4)[nH]3)c3c2C2CCC3C2)ccc1-c1cnc(C2CC3CC3N2)[nH]1. The lowest BCUT2D eigenvalue weighted by Gasteiger charge is -2.22. The van der Waals surface area contributed by atoms with Crippen molar-refractivity contribution in [3.05, 3.63) is 71.6 Å². The lowest BCUT2D eigenvalue weighted by atomic mass is 9.82. The molecule has 0 radical (unpaired) electrons. The van der Waals surface area contributed by atoms with Crippen molar-refractivity contribution in [3.8, 4) is 33.6 Å². The highest BCUT2D eigenvalue weighted by Crippen LogP contribution is 2.58. The first-order valence-corrected chi connectivity index (χ1v) is 14.7. The summed E-state index contributed by atoms with van der Waals surface area (Å²) in [6, 6.07) is 15.3. The van der Waals surface area contributed by atoms with Gasteiger partial charge in [-0.15, -0.1) is 0 Å². The van der Waals surface area contributed by atoms with Gasteiger partial charge in [-0.25, -0.2) is 9.97 Å². The third-order valence-corrected chi connectivity index (χ3v) is 10.1. The first-order valence-electron chi connectivity index (χ1n) is 14.7. The second kappa shape index (κ2) is 8.14. The molecule has 0 amide bonds. The first-order chi connectivity index (χ1) is 18.8. The van der Waals surface area contributed by atoms with E-state index < -0.39 is 0 Å². The molecular formula is C32H34N6. The smallest absolute Gasteiger partial charge is 0.123 e. The largest absolute Gasteiger partial charge is 0.341 e. The molecule has 192 valence electrons. The lowest BCUT2D eigenvalue weighted by Crippen LogP contribution is -2.18. The highest BCUT2D eigenvalue weighted by Gasteiger charge is 2.46. The van der Waals surface area contributed by atoms with E-state index in [1.54, 1.807) is 11.1 Å². The van der Waals surface area contributed by atoms with Crippen LogP contribution in [0.1, 0.15) is 91.6 Å². The van der Waals surface area contributed by atoms with Gasteiger partial charge in [0.2, 0.25) is 0 Å². The molecule has 5 aliphatic rings. The molecular weight excluding hydrogens is 468 g/mol. The van der Waals surface area contributed by atoms with Crippen molar-refractivity contribution in [2.45, 2.75) is 74.9 Å². The summed E-state index contributed by atoms with van der Waals surface area (Å²) in [6.07, 6.45) is 13.0. The zero-order chi connectivity index (χ0) is 24.8. The maximum Gasteiger partial charge on any atom is 0.123 e. The normalized spacial score (nSPS) is 30.6. The molecule has 4 fully saturated rings. The Kier molecular flexibility index (Phi) is 4.64. The van der Waals surface area contributed by atoms with Gasteiger partial charge in [0, 0.05) is 11.6 Å². The Morgan fingerprint density at radius 1 is 0.658 bits per heavy atom. The van der Waals surface area contributed by atoms with Crippen molar-refractivity contribution >= 4 is 0 Å². The number of imidazole rings is 2. The maximum atomic E-state index is 4.78. The Bertz CT molecular complexity index is 1510. The predicted molar refractivity (Wildman–Crippen MR) is 149 cm³/mol. The first kappa shape index (κ1) is 21.7. The van der Waals surface area contributed by atoms with Crippen LogP contribution in [0.3, 0.4) is 0 Å².